The van der Waals surface area contributed by atoms with Crippen molar-refractivity contribution in [2.24, 2.45) is 0 Å². The normalized spacial score (nSPS) is 10.6. The van der Waals surface area contributed by atoms with Crippen molar-refractivity contribution >= 4 is 21.9 Å². The molecule has 1 aromatic carbocycles. The first-order valence-electron chi connectivity index (χ1n) is 3.78. The standard InChI is InChI=1S/C7H4BrF2N5/c8-3-1-4(9)6(5(10)2-3)15-7(11)12-13-14-15/h1-2H,(H2,11,12,14). The summed E-state index contributed by atoms with van der Waals surface area (Å²) in [5.74, 6) is -1.79. The second-order valence-electron chi connectivity index (χ2n) is 2.67. The zero-order valence-corrected chi connectivity index (χ0v) is 8.74. The second kappa shape index (κ2) is 3.54. The van der Waals surface area contributed by atoms with Crippen LogP contribution >= 0.6 is 15.9 Å². The van der Waals surface area contributed by atoms with E-state index in [9.17, 15) is 8.78 Å². The summed E-state index contributed by atoms with van der Waals surface area (Å²) in [5, 5.41) is 9.90. The predicted molar refractivity (Wildman–Crippen MR) is 51.2 cm³/mol. The third kappa shape index (κ3) is 1.67. The molecule has 0 fully saturated rings. The number of nitrogens with zero attached hydrogens (tertiary/aromatic N) is 4. The van der Waals surface area contributed by atoms with Gasteiger partial charge in [0.1, 0.15) is 5.69 Å². The third-order valence-corrected chi connectivity index (χ3v) is 2.14. The molecular formula is C7H4BrF2N5. The second-order valence-corrected chi connectivity index (χ2v) is 3.58. The monoisotopic (exact) mass is 275 g/mol. The molecule has 0 aliphatic heterocycles. The molecule has 0 aliphatic rings. The number of halogens is 3. The molecule has 0 saturated heterocycles. The number of anilines is 1. The van der Waals surface area contributed by atoms with Gasteiger partial charge in [0.25, 0.3) is 0 Å². The zero-order valence-electron chi connectivity index (χ0n) is 7.15. The minimum absolute atomic E-state index is 0.185. The maximum Gasteiger partial charge on any atom is 0.245 e. The highest BCUT2D eigenvalue weighted by atomic mass is 79.9. The highest BCUT2D eigenvalue weighted by Crippen LogP contribution is 2.22. The lowest BCUT2D eigenvalue weighted by Gasteiger charge is -2.04. The molecule has 0 unspecified atom stereocenters. The van der Waals surface area contributed by atoms with Crippen LogP contribution < -0.4 is 5.73 Å². The highest BCUT2D eigenvalue weighted by Gasteiger charge is 2.16. The van der Waals surface area contributed by atoms with Gasteiger partial charge in [0.2, 0.25) is 5.95 Å². The molecule has 0 amide bonds. The van der Waals surface area contributed by atoms with E-state index < -0.39 is 17.3 Å². The van der Waals surface area contributed by atoms with E-state index in [1.807, 2.05) is 0 Å². The maximum atomic E-state index is 13.4. The van der Waals surface area contributed by atoms with Gasteiger partial charge in [-0.2, -0.15) is 4.68 Å². The Morgan fingerprint density at radius 3 is 2.33 bits per heavy atom. The van der Waals surface area contributed by atoms with Crippen molar-refractivity contribution in [3.05, 3.63) is 28.2 Å². The molecule has 0 radical (unpaired) electrons. The van der Waals surface area contributed by atoms with E-state index in [1.54, 1.807) is 0 Å². The Bertz CT molecular complexity index is 489. The van der Waals surface area contributed by atoms with Crippen LogP contribution in [0.1, 0.15) is 0 Å². The number of rotatable bonds is 1. The van der Waals surface area contributed by atoms with Crippen LogP contribution in [0.4, 0.5) is 14.7 Å². The molecule has 0 spiro atoms. The molecule has 8 heteroatoms. The molecule has 1 aromatic heterocycles. The smallest absolute Gasteiger partial charge is 0.245 e. The number of tetrazole rings is 1. The van der Waals surface area contributed by atoms with Gasteiger partial charge in [-0.15, -0.1) is 0 Å². The molecule has 5 nitrogen and oxygen atoms in total. The van der Waals surface area contributed by atoms with Crippen LogP contribution in [0.3, 0.4) is 0 Å². The van der Waals surface area contributed by atoms with Crippen LogP contribution in [0, 0.1) is 11.6 Å². The number of aromatic nitrogens is 4. The van der Waals surface area contributed by atoms with E-state index in [4.69, 9.17) is 5.73 Å². The largest absolute Gasteiger partial charge is 0.366 e. The first-order chi connectivity index (χ1) is 7.09. The molecule has 0 atom stereocenters. The molecule has 0 bridgehead atoms. The topological polar surface area (TPSA) is 69.6 Å². The van der Waals surface area contributed by atoms with Crippen molar-refractivity contribution in [2.45, 2.75) is 0 Å². The summed E-state index contributed by atoms with van der Waals surface area (Å²) in [5.41, 5.74) is 4.93. The molecular weight excluding hydrogens is 272 g/mol. The van der Waals surface area contributed by atoms with Gasteiger partial charge in [0.15, 0.2) is 11.6 Å². The number of hydrogen-bond acceptors (Lipinski definition) is 4. The Morgan fingerprint density at radius 1 is 1.27 bits per heavy atom. The summed E-state index contributed by atoms with van der Waals surface area (Å²) in [4.78, 5) is 0. The van der Waals surface area contributed by atoms with Crippen molar-refractivity contribution in [2.75, 3.05) is 5.73 Å². The molecule has 0 saturated carbocycles. The van der Waals surface area contributed by atoms with Crippen LogP contribution in [0.2, 0.25) is 0 Å². The van der Waals surface area contributed by atoms with Crippen LogP contribution in [0.5, 0.6) is 0 Å². The molecule has 78 valence electrons. The van der Waals surface area contributed by atoms with Crippen LogP contribution in [0.25, 0.3) is 5.69 Å². The lowest BCUT2D eigenvalue weighted by molar-refractivity contribution is 0.556. The van der Waals surface area contributed by atoms with Crippen molar-refractivity contribution in [3.63, 3.8) is 0 Å². The minimum atomic E-state index is -0.805. The molecule has 2 N–H and O–H groups in total. The van der Waals surface area contributed by atoms with Gasteiger partial charge in [0, 0.05) is 4.47 Å². The van der Waals surface area contributed by atoms with Crippen LogP contribution in [-0.2, 0) is 0 Å². The highest BCUT2D eigenvalue weighted by molar-refractivity contribution is 9.10. The Labute approximate surface area is 91.0 Å². The van der Waals surface area contributed by atoms with E-state index >= 15 is 0 Å². The fourth-order valence-corrected chi connectivity index (χ4v) is 1.49. The van der Waals surface area contributed by atoms with Gasteiger partial charge in [-0.3, -0.25) is 0 Å². The van der Waals surface area contributed by atoms with Gasteiger partial charge >= 0.3 is 0 Å². The first kappa shape index (κ1) is 9.97. The maximum absolute atomic E-state index is 13.4. The van der Waals surface area contributed by atoms with Crippen molar-refractivity contribution in [1.29, 1.82) is 0 Å². The van der Waals surface area contributed by atoms with E-state index in [1.165, 1.54) is 0 Å². The number of nitrogens with two attached hydrogens (primary N) is 1. The fraction of sp³-hybridized carbons (Fsp3) is 0. The molecule has 15 heavy (non-hydrogen) atoms. The lowest BCUT2D eigenvalue weighted by Crippen LogP contribution is -2.07. The van der Waals surface area contributed by atoms with Gasteiger partial charge in [-0.1, -0.05) is 21.0 Å². The summed E-state index contributed by atoms with van der Waals surface area (Å²) < 4.78 is 27.9. The zero-order chi connectivity index (χ0) is 11.0. The minimum Gasteiger partial charge on any atom is -0.366 e. The summed E-state index contributed by atoms with van der Waals surface area (Å²) in [6.07, 6.45) is 0. The van der Waals surface area contributed by atoms with Crippen molar-refractivity contribution in [1.82, 2.24) is 20.2 Å². The Hall–Kier alpha value is -1.57. The average molecular weight is 276 g/mol. The van der Waals surface area contributed by atoms with Crippen molar-refractivity contribution in [3.8, 4) is 5.69 Å². The van der Waals surface area contributed by atoms with Crippen LogP contribution in [0.15, 0.2) is 16.6 Å². The van der Waals surface area contributed by atoms with Crippen molar-refractivity contribution < 1.29 is 8.78 Å². The lowest BCUT2D eigenvalue weighted by atomic mass is 10.3. The SMILES string of the molecule is Nc1nnnn1-c1c(F)cc(Br)cc1F. The van der Waals surface area contributed by atoms with E-state index in [0.29, 0.717) is 0 Å². The molecule has 2 aromatic rings. The van der Waals surface area contributed by atoms with Crippen LogP contribution in [-0.4, -0.2) is 20.2 Å². The number of nitrogen functional groups attached to an aromatic ring is 1. The first-order valence-corrected chi connectivity index (χ1v) is 4.57. The van der Waals surface area contributed by atoms with E-state index in [0.717, 1.165) is 16.8 Å². The Balaban J connectivity index is 2.68. The Morgan fingerprint density at radius 2 is 1.87 bits per heavy atom. The Kier molecular flexibility index (Phi) is 2.35. The summed E-state index contributed by atoms with van der Waals surface area (Å²) in [6.45, 7) is 0. The predicted octanol–water partition coefficient (Wildman–Crippen LogP) is 1.29. The van der Waals surface area contributed by atoms with Gasteiger partial charge in [0.05, 0.1) is 0 Å². The van der Waals surface area contributed by atoms with Gasteiger partial charge in [-0.25, -0.2) is 8.78 Å². The molecule has 0 aliphatic carbocycles. The summed E-state index contributed by atoms with van der Waals surface area (Å²) in [7, 11) is 0. The average Bonchev–Trinajstić information content (AvgIpc) is 2.50. The summed E-state index contributed by atoms with van der Waals surface area (Å²) >= 11 is 2.96. The third-order valence-electron chi connectivity index (χ3n) is 1.69. The number of hydrogen-bond donors (Lipinski definition) is 1. The van der Waals surface area contributed by atoms with E-state index in [-0.39, 0.29) is 10.4 Å². The summed E-state index contributed by atoms with van der Waals surface area (Å²) in [6, 6.07) is 2.19. The van der Waals surface area contributed by atoms with Gasteiger partial charge < -0.3 is 5.73 Å². The molecule has 2 rings (SSSR count). The van der Waals surface area contributed by atoms with Gasteiger partial charge in [-0.05, 0) is 22.6 Å². The fourth-order valence-electron chi connectivity index (χ4n) is 1.09. The van der Waals surface area contributed by atoms with E-state index in [2.05, 4.69) is 31.5 Å². The quantitative estimate of drug-likeness (QED) is 0.851. The molecule has 1 heterocycles. The number of benzene rings is 1.